The predicted molar refractivity (Wildman–Crippen MR) is 66.4 cm³/mol. The fourth-order valence-corrected chi connectivity index (χ4v) is 1.59. The Morgan fingerprint density at radius 1 is 1.65 bits per heavy atom. The van der Waals surface area contributed by atoms with Crippen LogP contribution in [0.3, 0.4) is 0 Å². The largest absolute Gasteiger partial charge is 0.348 e. The van der Waals surface area contributed by atoms with Gasteiger partial charge >= 0.3 is 0 Å². The van der Waals surface area contributed by atoms with Gasteiger partial charge in [-0.1, -0.05) is 24.6 Å². The van der Waals surface area contributed by atoms with Crippen LogP contribution in [-0.2, 0) is 0 Å². The highest BCUT2D eigenvalue weighted by molar-refractivity contribution is 6.34. The molecule has 0 spiro atoms. The Kier molecular flexibility index (Phi) is 4.99. The van der Waals surface area contributed by atoms with Crippen molar-refractivity contribution in [3.63, 3.8) is 0 Å². The van der Waals surface area contributed by atoms with Gasteiger partial charge < -0.3 is 5.32 Å². The summed E-state index contributed by atoms with van der Waals surface area (Å²) in [7, 11) is 0. The van der Waals surface area contributed by atoms with Crippen LogP contribution in [-0.4, -0.2) is 11.9 Å². The molecule has 1 amide bonds. The van der Waals surface area contributed by atoms with Crippen LogP contribution in [0.25, 0.3) is 0 Å². The highest BCUT2D eigenvalue weighted by Gasteiger charge is 2.16. The van der Waals surface area contributed by atoms with Gasteiger partial charge in [-0.15, -0.1) is 12.3 Å². The minimum Gasteiger partial charge on any atom is -0.348 e. The Labute approximate surface area is 105 Å². The van der Waals surface area contributed by atoms with Gasteiger partial charge in [0.05, 0.1) is 10.6 Å². The summed E-state index contributed by atoms with van der Waals surface area (Å²) in [5, 5.41) is 2.55. The van der Waals surface area contributed by atoms with E-state index in [-0.39, 0.29) is 16.6 Å². The minimum absolute atomic E-state index is 0.119. The summed E-state index contributed by atoms with van der Waals surface area (Å²) in [6, 6.07) is 4.01. The van der Waals surface area contributed by atoms with Crippen LogP contribution < -0.4 is 5.32 Å². The van der Waals surface area contributed by atoms with E-state index in [0.29, 0.717) is 12.8 Å². The number of nitrogens with one attached hydrogen (secondary N) is 1. The second kappa shape index (κ2) is 6.27. The average molecular weight is 254 g/mol. The third-order valence-corrected chi connectivity index (χ3v) is 2.77. The van der Waals surface area contributed by atoms with Crippen molar-refractivity contribution in [3.8, 4) is 12.3 Å². The van der Waals surface area contributed by atoms with Gasteiger partial charge in [-0.3, -0.25) is 4.79 Å². The van der Waals surface area contributed by atoms with Gasteiger partial charge in [0.15, 0.2) is 0 Å². The molecule has 0 saturated heterocycles. The molecule has 0 bridgehead atoms. The van der Waals surface area contributed by atoms with Crippen molar-refractivity contribution >= 4 is 17.5 Å². The Morgan fingerprint density at radius 2 is 2.35 bits per heavy atom. The maximum absolute atomic E-state index is 13.2. The molecule has 0 radical (unpaired) electrons. The molecule has 0 aliphatic rings. The van der Waals surface area contributed by atoms with Crippen LogP contribution in [0.15, 0.2) is 18.2 Å². The number of carbonyl (C=O) groups excluding carboxylic acids is 1. The molecule has 0 saturated carbocycles. The van der Waals surface area contributed by atoms with Crippen molar-refractivity contribution in [2.24, 2.45) is 0 Å². The molecule has 1 aromatic carbocycles. The number of rotatable bonds is 4. The standard InChI is InChI=1S/C13H13ClFNO/c1-3-6-9(4-2)16-13(17)10-7-5-8-11(15)12(10)14/h1,5,7-9H,4,6H2,2H3,(H,16,17). The van der Waals surface area contributed by atoms with Crippen molar-refractivity contribution < 1.29 is 9.18 Å². The number of carbonyl (C=O) groups is 1. The van der Waals surface area contributed by atoms with Crippen molar-refractivity contribution in [1.29, 1.82) is 0 Å². The van der Waals surface area contributed by atoms with Crippen LogP contribution >= 0.6 is 11.6 Å². The van der Waals surface area contributed by atoms with Gasteiger partial charge in [-0.05, 0) is 18.6 Å². The Hall–Kier alpha value is -1.53. The van der Waals surface area contributed by atoms with Gasteiger partial charge in [-0.25, -0.2) is 4.39 Å². The van der Waals surface area contributed by atoms with E-state index in [1.807, 2.05) is 6.92 Å². The fourth-order valence-electron chi connectivity index (χ4n) is 1.38. The lowest BCUT2D eigenvalue weighted by Crippen LogP contribution is -2.34. The molecule has 1 rings (SSSR count). The normalized spacial score (nSPS) is 11.6. The summed E-state index contributed by atoms with van der Waals surface area (Å²) in [6.45, 7) is 1.91. The number of amides is 1. The van der Waals surface area contributed by atoms with Gasteiger partial charge in [0.2, 0.25) is 0 Å². The van der Waals surface area contributed by atoms with Crippen molar-refractivity contribution in [2.45, 2.75) is 25.8 Å². The lowest BCUT2D eigenvalue weighted by molar-refractivity contribution is 0.0936. The van der Waals surface area contributed by atoms with Gasteiger partial charge in [-0.2, -0.15) is 0 Å². The smallest absolute Gasteiger partial charge is 0.253 e. The Morgan fingerprint density at radius 3 is 2.94 bits per heavy atom. The molecule has 17 heavy (non-hydrogen) atoms. The van der Waals surface area contributed by atoms with E-state index in [0.717, 1.165) is 0 Å². The fraction of sp³-hybridized carbons (Fsp3) is 0.308. The van der Waals surface area contributed by atoms with Crippen molar-refractivity contribution in [1.82, 2.24) is 5.32 Å². The third-order valence-electron chi connectivity index (χ3n) is 2.39. The maximum atomic E-state index is 13.2. The molecule has 0 aromatic heterocycles. The molecule has 0 fully saturated rings. The first kappa shape index (κ1) is 13.5. The summed E-state index contributed by atoms with van der Waals surface area (Å²) in [5.74, 6) is 1.47. The summed E-state index contributed by atoms with van der Waals surface area (Å²) >= 11 is 5.72. The highest BCUT2D eigenvalue weighted by Crippen LogP contribution is 2.19. The molecule has 0 heterocycles. The zero-order chi connectivity index (χ0) is 12.8. The molecule has 90 valence electrons. The first-order chi connectivity index (χ1) is 8.10. The SMILES string of the molecule is C#CCC(CC)NC(=O)c1cccc(F)c1Cl. The quantitative estimate of drug-likeness (QED) is 0.821. The molecule has 1 atom stereocenters. The Bertz CT molecular complexity index is 453. The van der Waals surface area contributed by atoms with E-state index in [4.69, 9.17) is 18.0 Å². The molecule has 0 aliphatic heterocycles. The first-order valence-corrected chi connectivity index (χ1v) is 5.66. The first-order valence-electron chi connectivity index (χ1n) is 5.28. The molecule has 2 nitrogen and oxygen atoms in total. The van der Waals surface area contributed by atoms with E-state index in [9.17, 15) is 9.18 Å². The highest BCUT2D eigenvalue weighted by atomic mass is 35.5. The van der Waals surface area contributed by atoms with Crippen molar-refractivity contribution in [2.75, 3.05) is 0 Å². The summed E-state index contributed by atoms with van der Waals surface area (Å²) in [4.78, 5) is 11.8. The topological polar surface area (TPSA) is 29.1 Å². The van der Waals surface area contributed by atoms with Crippen LogP contribution in [0.1, 0.15) is 30.1 Å². The zero-order valence-electron chi connectivity index (χ0n) is 9.47. The molecule has 1 aromatic rings. The molecule has 4 heteroatoms. The van der Waals surface area contributed by atoms with Gasteiger partial charge in [0.1, 0.15) is 5.82 Å². The summed E-state index contributed by atoms with van der Waals surface area (Å²) in [6.07, 6.45) is 6.34. The van der Waals surface area contributed by atoms with Crippen LogP contribution in [0, 0.1) is 18.2 Å². The van der Waals surface area contributed by atoms with Crippen molar-refractivity contribution in [3.05, 3.63) is 34.6 Å². The lowest BCUT2D eigenvalue weighted by Gasteiger charge is -2.14. The molecule has 1 unspecified atom stereocenters. The maximum Gasteiger partial charge on any atom is 0.253 e. The number of hydrogen-bond acceptors (Lipinski definition) is 1. The second-order valence-corrected chi connectivity index (χ2v) is 3.97. The second-order valence-electron chi connectivity index (χ2n) is 3.59. The van der Waals surface area contributed by atoms with E-state index in [1.54, 1.807) is 0 Å². The van der Waals surface area contributed by atoms with E-state index in [1.165, 1.54) is 18.2 Å². The van der Waals surface area contributed by atoms with Crippen LogP contribution in [0.5, 0.6) is 0 Å². The molecule has 0 aliphatic carbocycles. The van der Waals surface area contributed by atoms with Crippen LogP contribution in [0.2, 0.25) is 5.02 Å². The van der Waals surface area contributed by atoms with Gasteiger partial charge in [0.25, 0.3) is 5.91 Å². The molecule has 1 N–H and O–H groups in total. The predicted octanol–water partition coefficient (Wildman–Crippen LogP) is 3.01. The molecular weight excluding hydrogens is 241 g/mol. The minimum atomic E-state index is -0.607. The Balaban J connectivity index is 2.83. The number of benzene rings is 1. The number of terminal acetylenes is 1. The average Bonchev–Trinajstić information content (AvgIpc) is 2.31. The number of hydrogen-bond donors (Lipinski definition) is 1. The number of halogens is 2. The molecular formula is C13H13ClFNO. The summed E-state index contributed by atoms with van der Waals surface area (Å²) in [5.41, 5.74) is 0.127. The monoisotopic (exact) mass is 253 g/mol. The van der Waals surface area contributed by atoms with E-state index < -0.39 is 11.7 Å². The van der Waals surface area contributed by atoms with Gasteiger partial charge in [0, 0.05) is 12.5 Å². The third kappa shape index (κ3) is 3.47. The van der Waals surface area contributed by atoms with E-state index in [2.05, 4.69) is 11.2 Å². The van der Waals surface area contributed by atoms with Crippen LogP contribution in [0.4, 0.5) is 4.39 Å². The summed E-state index contributed by atoms with van der Waals surface area (Å²) < 4.78 is 13.2. The van der Waals surface area contributed by atoms with E-state index >= 15 is 0 Å². The zero-order valence-corrected chi connectivity index (χ0v) is 10.2. The lowest BCUT2D eigenvalue weighted by atomic mass is 10.1.